The van der Waals surface area contributed by atoms with Crippen LogP contribution in [-0.2, 0) is 4.79 Å². The smallest absolute Gasteiger partial charge is 0.298 e. The molecule has 0 aliphatic carbocycles. The molecule has 4 rings (SSSR count). The number of hydrogen-bond donors (Lipinski definition) is 0. The Balaban J connectivity index is 1.33. The predicted molar refractivity (Wildman–Crippen MR) is 103 cm³/mol. The minimum atomic E-state index is -0.122. The third-order valence-corrected chi connectivity index (χ3v) is 5.77. The Kier molecular flexibility index (Phi) is 4.91. The summed E-state index contributed by atoms with van der Waals surface area (Å²) in [6, 6.07) is 11.2. The van der Waals surface area contributed by atoms with Gasteiger partial charge in [-0.05, 0) is 43.7 Å². The van der Waals surface area contributed by atoms with Gasteiger partial charge < -0.3 is 14.3 Å². The third kappa shape index (κ3) is 3.79. The summed E-state index contributed by atoms with van der Waals surface area (Å²) in [5.74, 6) is 6.14. The Bertz CT molecular complexity index is 931. The lowest BCUT2D eigenvalue weighted by atomic mass is 9.78. The highest BCUT2D eigenvalue weighted by atomic mass is 16.5. The summed E-state index contributed by atoms with van der Waals surface area (Å²) in [6.07, 6.45) is 2.76. The van der Waals surface area contributed by atoms with Gasteiger partial charge in [0.15, 0.2) is 5.69 Å². The first-order valence-corrected chi connectivity index (χ1v) is 9.63. The predicted octanol–water partition coefficient (Wildman–Crippen LogP) is 2.49. The molecule has 28 heavy (non-hydrogen) atoms. The van der Waals surface area contributed by atoms with Gasteiger partial charge in [-0.3, -0.25) is 9.59 Å². The lowest BCUT2D eigenvalue weighted by molar-refractivity contribution is -0.127. The molecule has 0 N–H and O–H groups in total. The lowest BCUT2D eigenvalue weighted by Gasteiger charge is -2.38. The van der Waals surface area contributed by atoms with Gasteiger partial charge >= 0.3 is 0 Å². The summed E-state index contributed by atoms with van der Waals surface area (Å²) < 4.78 is 5.02. The van der Waals surface area contributed by atoms with Crippen molar-refractivity contribution in [2.75, 3.05) is 26.2 Å². The molecule has 3 heterocycles. The van der Waals surface area contributed by atoms with E-state index in [4.69, 9.17) is 4.52 Å². The molecule has 2 aliphatic rings. The van der Waals surface area contributed by atoms with Gasteiger partial charge in [0.25, 0.3) is 11.8 Å². The molecule has 0 saturated carbocycles. The van der Waals surface area contributed by atoms with Crippen molar-refractivity contribution < 1.29 is 14.1 Å². The average molecular weight is 377 g/mol. The summed E-state index contributed by atoms with van der Waals surface area (Å²) in [6.45, 7) is 4.60. The minimum Gasteiger partial charge on any atom is -0.361 e. The van der Waals surface area contributed by atoms with Gasteiger partial charge in [-0.2, -0.15) is 0 Å². The van der Waals surface area contributed by atoms with Crippen LogP contribution >= 0.6 is 0 Å². The van der Waals surface area contributed by atoms with Crippen LogP contribution in [-0.4, -0.2) is 52.9 Å². The maximum atomic E-state index is 12.6. The molecule has 1 aromatic heterocycles. The molecule has 0 unspecified atom stereocenters. The fourth-order valence-electron chi connectivity index (χ4n) is 4.06. The van der Waals surface area contributed by atoms with Crippen molar-refractivity contribution in [3.05, 3.63) is 53.4 Å². The minimum absolute atomic E-state index is 0.0686. The molecule has 2 fully saturated rings. The second kappa shape index (κ2) is 7.51. The molecule has 6 nitrogen and oxygen atoms in total. The van der Waals surface area contributed by atoms with Crippen LogP contribution in [0.15, 0.2) is 40.9 Å². The Labute approximate surface area is 164 Å². The van der Waals surface area contributed by atoms with Crippen molar-refractivity contribution in [1.82, 2.24) is 15.0 Å². The highest BCUT2D eigenvalue weighted by Gasteiger charge is 2.43. The monoisotopic (exact) mass is 377 g/mol. The first-order chi connectivity index (χ1) is 13.5. The fraction of sp³-hybridized carbons (Fsp3) is 0.409. The van der Waals surface area contributed by atoms with E-state index in [1.54, 1.807) is 13.0 Å². The van der Waals surface area contributed by atoms with Crippen LogP contribution in [0.3, 0.4) is 0 Å². The van der Waals surface area contributed by atoms with Crippen LogP contribution in [0.2, 0.25) is 0 Å². The average Bonchev–Trinajstić information content (AvgIpc) is 3.34. The summed E-state index contributed by atoms with van der Waals surface area (Å²) in [5.41, 5.74) is 1.31. The van der Waals surface area contributed by atoms with E-state index in [-0.39, 0.29) is 17.2 Å². The van der Waals surface area contributed by atoms with Gasteiger partial charge in [0.05, 0.1) is 0 Å². The third-order valence-electron chi connectivity index (χ3n) is 5.77. The number of rotatable bonds is 1. The molecular formula is C22H23N3O3. The quantitative estimate of drug-likeness (QED) is 0.716. The number of aryl methyl sites for hydroxylation is 1. The summed E-state index contributed by atoms with van der Waals surface area (Å²) in [5, 5.41) is 3.84. The van der Waals surface area contributed by atoms with E-state index in [1.165, 1.54) is 0 Å². The van der Waals surface area contributed by atoms with Crippen LogP contribution in [0.5, 0.6) is 0 Å². The normalized spacial score (nSPS) is 18.0. The maximum Gasteiger partial charge on any atom is 0.298 e. The number of amides is 2. The number of carbonyl (C=O) groups is 2. The molecule has 6 heteroatoms. The zero-order chi connectivity index (χ0) is 19.6. The van der Waals surface area contributed by atoms with E-state index >= 15 is 0 Å². The number of carbonyl (C=O) groups excluding carboxylic acids is 2. The van der Waals surface area contributed by atoms with Crippen LogP contribution in [0.1, 0.15) is 41.1 Å². The Hall–Kier alpha value is -3.07. The summed E-state index contributed by atoms with van der Waals surface area (Å²) in [4.78, 5) is 28.7. The summed E-state index contributed by atoms with van der Waals surface area (Å²) in [7, 11) is 0. The van der Waals surface area contributed by atoms with E-state index in [9.17, 15) is 9.59 Å². The molecule has 0 bridgehead atoms. The van der Waals surface area contributed by atoms with E-state index in [2.05, 4.69) is 17.0 Å². The number of hydrogen-bond acceptors (Lipinski definition) is 4. The van der Waals surface area contributed by atoms with Gasteiger partial charge in [0.2, 0.25) is 0 Å². The zero-order valence-corrected chi connectivity index (χ0v) is 16.0. The molecule has 144 valence electrons. The number of likely N-dealkylation sites (tertiary alicyclic amines) is 2. The molecule has 2 aromatic rings. The van der Waals surface area contributed by atoms with Crippen molar-refractivity contribution in [3.8, 4) is 11.8 Å². The summed E-state index contributed by atoms with van der Waals surface area (Å²) >= 11 is 0. The number of nitrogens with zero attached hydrogens (tertiary/aromatic N) is 3. The van der Waals surface area contributed by atoms with Crippen molar-refractivity contribution in [2.24, 2.45) is 5.41 Å². The van der Waals surface area contributed by atoms with Crippen LogP contribution < -0.4 is 0 Å². The van der Waals surface area contributed by atoms with Crippen molar-refractivity contribution in [2.45, 2.75) is 26.2 Å². The van der Waals surface area contributed by atoms with E-state index < -0.39 is 0 Å². The Morgan fingerprint density at radius 2 is 1.75 bits per heavy atom. The molecule has 2 saturated heterocycles. The van der Waals surface area contributed by atoms with E-state index in [1.807, 2.05) is 40.1 Å². The highest BCUT2D eigenvalue weighted by molar-refractivity contribution is 5.94. The van der Waals surface area contributed by atoms with Crippen LogP contribution in [0, 0.1) is 24.2 Å². The second-order valence-electron chi connectivity index (χ2n) is 7.71. The molecule has 0 radical (unpaired) electrons. The SMILES string of the molecule is Cc1cc(C(=O)N2CCC3(CCN(C(=O)C#Cc4ccccc4)CC3)C2)no1. The Morgan fingerprint density at radius 1 is 1.07 bits per heavy atom. The van der Waals surface area contributed by atoms with Crippen molar-refractivity contribution in [1.29, 1.82) is 0 Å². The van der Waals surface area contributed by atoms with Gasteiger partial charge in [0, 0.05) is 43.7 Å². The standard InChI is InChI=1S/C22H23N3O3/c1-17-15-19(23-28-17)21(27)25-14-11-22(16-25)9-12-24(13-10-22)20(26)8-7-18-5-3-2-4-6-18/h2-6,15H,9-14,16H2,1H3. The molecule has 2 aliphatic heterocycles. The second-order valence-corrected chi connectivity index (χ2v) is 7.71. The van der Waals surface area contributed by atoms with Crippen LogP contribution in [0.4, 0.5) is 0 Å². The number of benzene rings is 1. The van der Waals surface area contributed by atoms with Crippen molar-refractivity contribution >= 4 is 11.8 Å². The number of piperidine rings is 1. The van der Waals surface area contributed by atoms with Gasteiger partial charge in [-0.25, -0.2) is 0 Å². The molecule has 1 aromatic carbocycles. The van der Waals surface area contributed by atoms with Gasteiger partial charge in [0.1, 0.15) is 5.76 Å². The molecular weight excluding hydrogens is 354 g/mol. The highest BCUT2D eigenvalue weighted by Crippen LogP contribution is 2.40. The Morgan fingerprint density at radius 3 is 2.39 bits per heavy atom. The molecule has 1 spiro atoms. The zero-order valence-electron chi connectivity index (χ0n) is 16.0. The van der Waals surface area contributed by atoms with Crippen LogP contribution in [0.25, 0.3) is 0 Å². The first-order valence-electron chi connectivity index (χ1n) is 9.63. The largest absolute Gasteiger partial charge is 0.361 e. The lowest BCUT2D eigenvalue weighted by Crippen LogP contribution is -2.44. The first kappa shape index (κ1) is 18.3. The molecule has 2 amide bonds. The van der Waals surface area contributed by atoms with Gasteiger partial charge in [-0.1, -0.05) is 29.3 Å². The topological polar surface area (TPSA) is 66.7 Å². The van der Waals surface area contributed by atoms with Gasteiger partial charge in [-0.15, -0.1) is 0 Å². The fourth-order valence-corrected chi connectivity index (χ4v) is 4.06. The maximum absolute atomic E-state index is 12.6. The van der Waals surface area contributed by atoms with E-state index in [0.29, 0.717) is 24.5 Å². The number of aromatic nitrogens is 1. The van der Waals surface area contributed by atoms with E-state index in [0.717, 1.165) is 37.9 Å². The molecule has 0 atom stereocenters. The van der Waals surface area contributed by atoms with Crippen molar-refractivity contribution in [3.63, 3.8) is 0 Å².